The predicted octanol–water partition coefficient (Wildman–Crippen LogP) is 6.14. The van der Waals surface area contributed by atoms with Crippen LogP contribution in [0.15, 0.2) is 82.6 Å². The number of thioether (sulfide) groups is 1. The van der Waals surface area contributed by atoms with Crippen molar-refractivity contribution in [1.29, 1.82) is 0 Å². The first kappa shape index (κ1) is 26.4. The Hall–Kier alpha value is -3.83. The Morgan fingerprint density at radius 3 is 2.42 bits per heavy atom. The number of amides is 2. The lowest BCUT2D eigenvalue weighted by Gasteiger charge is -2.29. The number of rotatable bonds is 5. The standard InChI is InChI=1S/C29H21F3N2O4S2/c1-15-4-2-5-16(12-15)14-38-20-10-8-17(9-11-20)21-22-24(39-25-23(21)40-28(37)33-25)27(36)34(26(22)35)19-7-3-6-18(13-19)29(30,31)32/h2-13,21-22,24H,14H2,1H3,(H,33,37)/t21-,22-,24+/m0/s1. The summed E-state index contributed by atoms with van der Waals surface area (Å²) in [6, 6.07) is 19.3. The highest BCUT2D eigenvalue weighted by atomic mass is 32.2. The Morgan fingerprint density at radius 2 is 1.70 bits per heavy atom. The zero-order valence-corrected chi connectivity index (χ0v) is 22.5. The van der Waals surface area contributed by atoms with Crippen LogP contribution in [0.3, 0.4) is 0 Å². The van der Waals surface area contributed by atoms with E-state index in [4.69, 9.17) is 4.74 Å². The lowest BCUT2D eigenvalue weighted by atomic mass is 9.83. The van der Waals surface area contributed by atoms with Gasteiger partial charge in [0.25, 0.3) is 0 Å². The highest BCUT2D eigenvalue weighted by molar-refractivity contribution is 8.00. The highest BCUT2D eigenvalue weighted by Gasteiger charge is 2.56. The topological polar surface area (TPSA) is 79.5 Å². The molecular weight excluding hydrogens is 561 g/mol. The first-order valence-electron chi connectivity index (χ1n) is 12.3. The summed E-state index contributed by atoms with van der Waals surface area (Å²) in [5, 5.41) is -0.407. The van der Waals surface area contributed by atoms with Gasteiger partial charge in [-0.05, 0) is 48.4 Å². The molecule has 2 aliphatic heterocycles. The zero-order valence-electron chi connectivity index (χ0n) is 20.9. The molecule has 4 aromatic rings. The number of alkyl halides is 3. The van der Waals surface area contributed by atoms with Crippen molar-refractivity contribution < 1.29 is 27.5 Å². The van der Waals surface area contributed by atoms with Gasteiger partial charge >= 0.3 is 11.0 Å². The molecule has 3 atom stereocenters. The fraction of sp³-hybridized carbons (Fsp3) is 0.207. The summed E-state index contributed by atoms with van der Waals surface area (Å²) < 4.78 is 46.0. The number of H-pyrrole nitrogens is 1. The largest absolute Gasteiger partial charge is 0.489 e. The quantitative estimate of drug-likeness (QED) is 0.286. The number of hydrogen-bond donors (Lipinski definition) is 1. The van der Waals surface area contributed by atoms with E-state index in [2.05, 4.69) is 4.98 Å². The smallest absolute Gasteiger partial charge is 0.416 e. The molecule has 204 valence electrons. The summed E-state index contributed by atoms with van der Waals surface area (Å²) in [5.74, 6) is -2.14. The molecule has 2 amide bonds. The summed E-state index contributed by atoms with van der Waals surface area (Å²) in [4.78, 5) is 43.5. The van der Waals surface area contributed by atoms with Crippen molar-refractivity contribution in [3.63, 3.8) is 0 Å². The Bertz CT molecular complexity index is 1680. The van der Waals surface area contributed by atoms with E-state index in [1.54, 1.807) is 24.3 Å². The molecule has 3 aromatic carbocycles. The van der Waals surface area contributed by atoms with Crippen LogP contribution in [-0.4, -0.2) is 22.0 Å². The van der Waals surface area contributed by atoms with Gasteiger partial charge in [-0.25, -0.2) is 4.90 Å². The Balaban J connectivity index is 1.33. The van der Waals surface area contributed by atoms with Gasteiger partial charge in [0.2, 0.25) is 11.8 Å². The molecule has 0 radical (unpaired) electrons. The van der Waals surface area contributed by atoms with Crippen LogP contribution < -0.4 is 14.5 Å². The molecule has 0 aliphatic carbocycles. The molecule has 1 fully saturated rings. The third kappa shape index (κ3) is 4.73. The van der Waals surface area contributed by atoms with Crippen LogP contribution in [-0.2, 0) is 22.4 Å². The lowest BCUT2D eigenvalue weighted by Crippen LogP contribution is -2.32. The molecular formula is C29H21F3N2O4S2. The number of ether oxygens (including phenoxy) is 1. The predicted molar refractivity (Wildman–Crippen MR) is 146 cm³/mol. The van der Waals surface area contributed by atoms with Crippen LogP contribution in [0.5, 0.6) is 5.75 Å². The van der Waals surface area contributed by atoms with E-state index in [9.17, 15) is 27.6 Å². The number of nitrogens with zero attached hydrogens (tertiary/aromatic N) is 1. The summed E-state index contributed by atoms with van der Waals surface area (Å²) in [7, 11) is 0. The minimum atomic E-state index is -4.63. The van der Waals surface area contributed by atoms with Gasteiger partial charge in [-0.1, -0.05) is 71.1 Å². The summed E-state index contributed by atoms with van der Waals surface area (Å²) in [6.45, 7) is 2.37. The highest BCUT2D eigenvalue weighted by Crippen LogP contribution is 2.53. The number of fused-ring (bicyclic) bond motifs is 2. The number of thiazole rings is 1. The second-order valence-corrected chi connectivity index (χ2v) is 11.8. The van der Waals surface area contributed by atoms with Crippen molar-refractivity contribution in [2.24, 2.45) is 5.92 Å². The molecule has 1 saturated heterocycles. The number of aryl methyl sites for hydroxylation is 1. The average molecular weight is 583 g/mol. The van der Waals surface area contributed by atoms with Crippen LogP contribution in [0.2, 0.25) is 0 Å². The summed E-state index contributed by atoms with van der Waals surface area (Å²) >= 11 is 2.04. The van der Waals surface area contributed by atoms with E-state index in [0.717, 1.165) is 51.3 Å². The first-order valence-corrected chi connectivity index (χ1v) is 14.0. The number of aromatic amines is 1. The zero-order chi connectivity index (χ0) is 28.2. The van der Waals surface area contributed by atoms with Gasteiger partial charge in [-0.3, -0.25) is 14.4 Å². The van der Waals surface area contributed by atoms with Crippen molar-refractivity contribution in [3.8, 4) is 5.75 Å². The van der Waals surface area contributed by atoms with E-state index >= 15 is 0 Å². The van der Waals surface area contributed by atoms with Crippen molar-refractivity contribution >= 4 is 40.6 Å². The normalized spacial score (nSPS) is 20.4. The van der Waals surface area contributed by atoms with Gasteiger partial charge in [0, 0.05) is 10.8 Å². The van der Waals surface area contributed by atoms with Gasteiger partial charge in [-0.15, -0.1) is 0 Å². The molecule has 3 heterocycles. The molecule has 1 N–H and O–H groups in total. The van der Waals surface area contributed by atoms with E-state index < -0.39 is 40.6 Å². The third-order valence-electron chi connectivity index (χ3n) is 6.98. The number of halogens is 3. The van der Waals surface area contributed by atoms with Gasteiger partial charge < -0.3 is 9.72 Å². The average Bonchev–Trinajstić information content (AvgIpc) is 3.41. The molecule has 11 heteroatoms. The number of imide groups is 1. The molecule has 1 aromatic heterocycles. The van der Waals surface area contributed by atoms with Gasteiger partial charge in [0.05, 0.1) is 22.2 Å². The second kappa shape index (κ2) is 9.97. The SMILES string of the molecule is Cc1cccc(COc2ccc([C@@H]3c4sc(=O)[nH]c4S[C@H]4C(=O)N(c5cccc(C(F)(F)F)c5)C(=O)[C@@H]34)cc2)c1. The molecule has 2 aliphatic rings. The number of benzene rings is 3. The van der Waals surface area contributed by atoms with Crippen LogP contribution in [0.1, 0.15) is 33.0 Å². The van der Waals surface area contributed by atoms with Crippen molar-refractivity contribution in [2.75, 3.05) is 4.90 Å². The molecule has 0 unspecified atom stereocenters. The fourth-order valence-electron chi connectivity index (χ4n) is 5.19. The summed E-state index contributed by atoms with van der Waals surface area (Å²) in [6.07, 6.45) is -4.63. The maximum Gasteiger partial charge on any atom is 0.416 e. The summed E-state index contributed by atoms with van der Waals surface area (Å²) in [5.41, 5.74) is 1.76. The van der Waals surface area contributed by atoms with E-state index in [0.29, 0.717) is 27.8 Å². The number of carbonyl (C=O) groups is 2. The second-order valence-electron chi connectivity index (χ2n) is 9.66. The molecule has 0 bridgehead atoms. The number of hydrogen-bond acceptors (Lipinski definition) is 6. The minimum Gasteiger partial charge on any atom is -0.489 e. The molecule has 0 saturated carbocycles. The molecule has 40 heavy (non-hydrogen) atoms. The number of anilines is 1. The van der Waals surface area contributed by atoms with Gasteiger partial charge in [0.15, 0.2) is 0 Å². The van der Waals surface area contributed by atoms with Crippen LogP contribution in [0.25, 0.3) is 0 Å². The lowest BCUT2D eigenvalue weighted by molar-refractivity contribution is -0.137. The van der Waals surface area contributed by atoms with Crippen molar-refractivity contribution in [2.45, 2.75) is 35.9 Å². The van der Waals surface area contributed by atoms with Crippen molar-refractivity contribution in [3.05, 3.63) is 110 Å². The van der Waals surface area contributed by atoms with Crippen LogP contribution in [0.4, 0.5) is 18.9 Å². The van der Waals surface area contributed by atoms with E-state index in [1.807, 2.05) is 31.2 Å². The molecule has 6 nitrogen and oxygen atoms in total. The monoisotopic (exact) mass is 582 g/mol. The maximum absolute atomic E-state index is 13.8. The van der Waals surface area contributed by atoms with Gasteiger partial charge in [-0.2, -0.15) is 13.2 Å². The van der Waals surface area contributed by atoms with Crippen molar-refractivity contribution in [1.82, 2.24) is 4.98 Å². The van der Waals surface area contributed by atoms with E-state index in [-0.39, 0.29) is 10.6 Å². The molecule has 6 rings (SSSR count). The molecule has 0 spiro atoms. The Morgan fingerprint density at radius 1 is 0.950 bits per heavy atom. The minimum absolute atomic E-state index is 0.129. The Kier molecular flexibility index (Phi) is 6.58. The van der Waals surface area contributed by atoms with Gasteiger partial charge in [0.1, 0.15) is 17.6 Å². The number of aromatic nitrogens is 1. The number of carbonyl (C=O) groups excluding carboxylic acids is 2. The fourth-order valence-corrected chi connectivity index (χ4v) is 7.71. The van der Waals surface area contributed by atoms with E-state index in [1.165, 1.54) is 12.1 Å². The van der Waals surface area contributed by atoms with Crippen LogP contribution >= 0.6 is 23.1 Å². The third-order valence-corrected chi connectivity index (χ3v) is 9.38. The first-order chi connectivity index (χ1) is 19.1. The van der Waals surface area contributed by atoms with Crippen LogP contribution in [0, 0.1) is 12.8 Å². The maximum atomic E-state index is 13.8. The Labute approximate surface area is 234 Å². The number of nitrogens with one attached hydrogen (secondary N) is 1.